The second kappa shape index (κ2) is 5.36. The van der Waals surface area contributed by atoms with Gasteiger partial charge in [0.05, 0.1) is 17.4 Å². The Labute approximate surface area is 120 Å². The van der Waals surface area contributed by atoms with Gasteiger partial charge in [0, 0.05) is 25.0 Å². The van der Waals surface area contributed by atoms with E-state index >= 15 is 0 Å². The lowest BCUT2D eigenvalue weighted by Gasteiger charge is -2.22. The van der Waals surface area contributed by atoms with E-state index in [1.807, 2.05) is 5.32 Å². The molecule has 0 spiro atoms. The summed E-state index contributed by atoms with van der Waals surface area (Å²) in [7, 11) is -1.75. The number of carbonyl (C=O) groups excluding carboxylic acids is 1. The maximum atomic E-state index is 13.1. The number of rotatable bonds is 3. The molecular weight excluding hydrogens is 309 g/mol. The summed E-state index contributed by atoms with van der Waals surface area (Å²) < 4.78 is 63.3. The maximum Gasteiger partial charge on any atom is 0.412 e. The van der Waals surface area contributed by atoms with E-state index in [9.17, 15) is 26.4 Å². The molecule has 0 saturated carbocycles. The molecule has 1 aliphatic heterocycles. The van der Waals surface area contributed by atoms with Gasteiger partial charge < -0.3 is 9.88 Å². The first kappa shape index (κ1) is 15.9. The molecule has 2 rings (SSSR count). The number of alkyl halides is 3. The molecule has 2 heterocycles. The summed E-state index contributed by atoms with van der Waals surface area (Å²) in [6.45, 7) is 0. The fourth-order valence-electron chi connectivity index (χ4n) is 2.31. The van der Waals surface area contributed by atoms with Crippen molar-refractivity contribution in [2.75, 3.05) is 11.5 Å². The van der Waals surface area contributed by atoms with Gasteiger partial charge in [0.15, 0.2) is 15.9 Å². The minimum absolute atomic E-state index is 0.0630. The highest BCUT2D eigenvalue weighted by Crippen LogP contribution is 2.33. The van der Waals surface area contributed by atoms with Crippen LogP contribution < -0.4 is 5.32 Å². The van der Waals surface area contributed by atoms with Gasteiger partial charge in [0.2, 0.25) is 5.91 Å². The molecule has 1 saturated heterocycles. The summed E-state index contributed by atoms with van der Waals surface area (Å²) in [5.74, 6) is -2.34. The standard InChI is InChI=1S/C12H15F3N2O3S/c1-17-4-2-8(6-17)10(12(13,14)15)16-11(18)9-3-5-21(19,20)7-9/h2,4,6,9-10H,3,5,7H2,1H3,(H,16,18)/t9-,10-/m1/s1. The van der Waals surface area contributed by atoms with Crippen LogP contribution in [0.2, 0.25) is 0 Å². The van der Waals surface area contributed by atoms with E-state index in [0.29, 0.717) is 0 Å². The largest absolute Gasteiger partial charge is 0.412 e. The van der Waals surface area contributed by atoms with Crippen LogP contribution >= 0.6 is 0 Å². The molecule has 5 nitrogen and oxygen atoms in total. The van der Waals surface area contributed by atoms with Crippen LogP contribution in [0, 0.1) is 5.92 Å². The molecule has 1 aliphatic rings. The number of hydrogen-bond acceptors (Lipinski definition) is 3. The van der Waals surface area contributed by atoms with Crippen LogP contribution in [-0.2, 0) is 21.7 Å². The van der Waals surface area contributed by atoms with Crippen LogP contribution in [0.3, 0.4) is 0 Å². The van der Waals surface area contributed by atoms with Crippen molar-refractivity contribution < 1.29 is 26.4 Å². The van der Waals surface area contributed by atoms with Crippen molar-refractivity contribution >= 4 is 15.7 Å². The van der Waals surface area contributed by atoms with Crippen molar-refractivity contribution in [1.82, 2.24) is 9.88 Å². The molecule has 1 amide bonds. The highest BCUT2D eigenvalue weighted by atomic mass is 32.2. The van der Waals surface area contributed by atoms with Gasteiger partial charge in [-0.15, -0.1) is 0 Å². The number of amides is 1. The SMILES string of the molecule is Cn1ccc([C@@H](NC(=O)[C@@H]2CCS(=O)(=O)C2)C(F)(F)F)c1. The molecule has 1 aromatic rings. The Morgan fingerprint density at radius 1 is 1.48 bits per heavy atom. The first-order valence-corrected chi connectivity index (χ1v) is 8.10. The number of nitrogens with zero attached hydrogens (tertiary/aromatic N) is 1. The lowest BCUT2D eigenvalue weighted by atomic mass is 10.1. The average molecular weight is 324 g/mol. The second-order valence-corrected chi connectivity index (χ2v) is 7.42. The van der Waals surface area contributed by atoms with E-state index in [4.69, 9.17) is 0 Å². The fourth-order valence-corrected chi connectivity index (χ4v) is 4.05. The van der Waals surface area contributed by atoms with Gasteiger partial charge in [-0.25, -0.2) is 8.42 Å². The Bertz CT molecular complexity index is 636. The highest BCUT2D eigenvalue weighted by molar-refractivity contribution is 7.91. The molecule has 0 aromatic carbocycles. The second-order valence-electron chi connectivity index (χ2n) is 5.19. The minimum atomic E-state index is -4.64. The fraction of sp³-hybridized carbons (Fsp3) is 0.583. The molecular formula is C12H15F3N2O3S. The molecule has 1 N–H and O–H groups in total. The Hall–Kier alpha value is -1.51. The summed E-state index contributed by atoms with van der Waals surface area (Å²) in [6, 6.07) is -0.862. The highest BCUT2D eigenvalue weighted by Gasteiger charge is 2.44. The van der Waals surface area contributed by atoms with E-state index in [2.05, 4.69) is 0 Å². The predicted octanol–water partition coefficient (Wildman–Crippen LogP) is 1.18. The molecule has 2 atom stereocenters. The first-order chi connectivity index (χ1) is 9.58. The summed E-state index contributed by atoms with van der Waals surface area (Å²) in [6.07, 6.45) is -1.87. The van der Waals surface area contributed by atoms with Crippen LogP contribution in [0.4, 0.5) is 13.2 Å². The molecule has 0 bridgehead atoms. The topological polar surface area (TPSA) is 68.2 Å². The van der Waals surface area contributed by atoms with Crippen LogP contribution in [0.25, 0.3) is 0 Å². The molecule has 118 valence electrons. The number of halogens is 3. The first-order valence-electron chi connectivity index (χ1n) is 6.28. The zero-order valence-electron chi connectivity index (χ0n) is 11.2. The van der Waals surface area contributed by atoms with Crippen LogP contribution in [0.15, 0.2) is 18.5 Å². The van der Waals surface area contributed by atoms with E-state index in [-0.39, 0.29) is 17.7 Å². The van der Waals surface area contributed by atoms with Crippen LogP contribution in [-0.4, -0.2) is 36.6 Å². The van der Waals surface area contributed by atoms with Gasteiger partial charge in [-0.05, 0) is 12.5 Å². The number of carbonyl (C=O) groups is 1. The smallest absolute Gasteiger partial charge is 0.357 e. The Morgan fingerprint density at radius 3 is 2.57 bits per heavy atom. The molecule has 0 unspecified atom stereocenters. The summed E-state index contributed by atoms with van der Waals surface area (Å²) in [5, 5.41) is 1.92. The van der Waals surface area contributed by atoms with E-state index in [1.54, 1.807) is 7.05 Å². The number of aromatic nitrogens is 1. The Balaban J connectivity index is 2.15. The van der Waals surface area contributed by atoms with Gasteiger partial charge in [-0.2, -0.15) is 13.2 Å². The Morgan fingerprint density at radius 2 is 2.14 bits per heavy atom. The third-order valence-electron chi connectivity index (χ3n) is 3.41. The lowest BCUT2D eigenvalue weighted by Crippen LogP contribution is -2.41. The molecule has 0 radical (unpaired) electrons. The molecule has 21 heavy (non-hydrogen) atoms. The van der Waals surface area contributed by atoms with Crippen molar-refractivity contribution in [2.45, 2.75) is 18.6 Å². The van der Waals surface area contributed by atoms with Gasteiger partial charge in [-0.3, -0.25) is 4.79 Å². The molecule has 1 aromatic heterocycles. The number of aryl methyl sites for hydroxylation is 1. The summed E-state index contributed by atoms with van der Waals surface area (Å²) in [5.41, 5.74) is -0.0841. The number of nitrogens with one attached hydrogen (secondary N) is 1. The van der Waals surface area contributed by atoms with Gasteiger partial charge in [0.25, 0.3) is 0 Å². The van der Waals surface area contributed by atoms with E-state index in [1.165, 1.54) is 23.0 Å². The van der Waals surface area contributed by atoms with Crippen molar-refractivity contribution in [3.05, 3.63) is 24.0 Å². The normalized spacial score (nSPS) is 23.0. The van der Waals surface area contributed by atoms with Crippen molar-refractivity contribution in [3.8, 4) is 0 Å². The lowest BCUT2D eigenvalue weighted by molar-refractivity contribution is -0.164. The molecule has 1 fully saturated rings. The van der Waals surface area contributed by atoms with Crippen molar-refractivity contribution in [1.29, 1.82) is 0 Å². The van der Waals surface area contributed by atoms with E-state index < -0.39 is 39.6 Å². The van der Waals surface area contributed by atoms with Crippen molar-refractivity contribution in [2.24, 2.45) is 13.0 Å². The monoisotopic (exact) mass is 324 g/mol. The number of hydrogen-bond donors (Lipinski definition) is 1. The molecule has 0 aliphatic carbocycles. The maximum absolute atomic E-state index is 13.1. The van der Waals surface area contributed by atoms with Gasteiger partial charge in [-0.1, -0.05) is 0 Å². The molecule has 9 heteroatoms. The quantitative estimate of drug-likeness (QED) is 0.908. The zero-order valence-corrected chi connectivity index (χ0v) is 12.0. The minimum Gasteiger partial charge on any atom is -0.357 e. The Kier molecular flexibility index (Phi) is 4.05. The van der Waals surface area contributed by atoms with Crippen LogP contribution in [0.1, 0.15) is 18.0 Å². The summed E-state index contributed by atoms with van der Waals surface area (Å²) in [4.78, 5) is 11.9. The van der Waals surface area contributed by atoms with Gasteiger partial charge >= 0.3 is 6.18 Å². The average Bonchev–Trinajstić information content (AvgIpc) is 2.90. The third-order valence-corrected chi connectivity index (χ3v) is 5.17. The summed E-state index contributed by atoms with van der Waals surface area (Å²) >= 11 is 0. The van der Waals surface area contributed by atoms with Gasteiger partial charge in [0.1, 0.15) is 0 Å². The third kappa shape index (κ3) is 3.78. The van der Waals surface area contributed by atoms with E-state index in [0.717, 1.165) is 0 Å². The zero-order chi connectivity index (χ0) is 15.8. The number of sulfone groups is 1. The van der Waals surface area contributed by atoms with Crippen LogP contribution in [0.5, 0.6) is 0 Å². The van der Waals surface area contributed by atoms with Crippen molar-refractivity contribution in [3.63, 3.8) is 0 Å². The predicted molar refractivity (Wildman–Crippen MR) is 69.1 cm³/mol.